The molecule has 7 heteroatoms. The van der Waals surface area contributed by atoms with Crippen molar-refractivity contribution in [2.75, 3.05) is 0 Å². The Morgan fingerprint density at radius 3 is 2.10 bits per heavy atom. The van der Waals surface area contributed by atoms with Crippen molar-refractivity contribution in [1.82, 2.24) is 0 Å². The van der Waals surface area contributed by atoms with E-state index in [-0.39, 0.29) is 4.90 Å². The molecule has 112 valence electrons. The Balaban J connectivity index is 2.30. The molecule has 2 rings (SSSR count). The first-order valence-corrected chi connectivity index (χ1v) is 7.94. The molecule has 1 aliphatic rings. The maximum atomic E-state index is 12.5. The minimum absolute atomic E-state index is 0.0900. The third-order valence-electron chi connectivity index (χ3n) is 3.66. The summed E-state index contributed by atoms with van der Waals surface area (Å²) in [6.07, 6.45) is -1.71. The quantitative estimate of drug-likeness (QED) is 0.914. The summed E-state index contributed by atoms with van der Waals surface area (Å²) in [5, 5.41) is -0.701. The Kier molecular flexibility index (Phi) is 4.11. The Hall–Kier alpha value is -1.08. The number of benzene rings is 1. The molecule has 0 saturated heterocycles. The molecule has 0 aromatic heterocycles. The molecule has 0 aliphatic heterocycles. The second-order valence-electron chi connectivity index (χ2n) is 5.05. The van der Waals surface area contributed by atoms with Crippen LogP contribution in [-0.2, 0) is 16.0 Å². The van der Waals surface area contributed by atoms with Crippen molar-refractivity contribution in [2.45, 2.75) is 48.0 Å². The average Bonchev–Trinajstić information content (AvgIpc) is 2.38. The summed E-state index contributed by atoms with van der Waals surface area (Å²) in [6, 6.07) is 3.16. The number of alkyl halides is 3. The molecule has 1 saturated carbocycles. The van der Waals surface area contributed by atoms with Gasteiger partial charge < -0.3 is 5.73 Å². The molecular weight excluding hydrogens is 291 g/mol. The largest absolute Gasteiger partial charge is 0.416 e. The summed E-state index contributed by atoms with van der Waals surface area (Å²) in [5.41, 5.74) is 4.99. The minimum Gasteiger partial charge on any atom is -0.327 e. The van der Waals surface area contributed by atoms with Gasteiger partial charge in [-0.1, -0.05) is 12.8 Å². The molecule has 1 aliphatic carbocycles. The lowest BCUT2D eigenvalue weighted by molar-refractivity contribution is -0.137. The van der Waals surface area contributed by atoms with E-state index < -0.39 is 32.9 Å². The number of nitrogens with two attached hydrogens (primary N) is 1. The zero-order chi connectivity index (χ0) is 15.0. The van der Waals surface area contributed by atoms with Gasteiger partial charge in [-0.05, 0) is 37.1 Å². The zero-order valence-electron chi connectivity index (χ0n) is 10.7. The van der Waals surface area contributed by atoms with Crippen molar-refractivity contribution >= 4 is 9.84 Å². The van der Waals surface area contributed by atoms with Crippen molar-refractivity contribution in [3.05, 3.63) is 29.8 Å². The highest BCUT2D eigenvalue weighted by Crippen LogP contribution is 2.32. The van der Waals surface area contributed by atoms with E-state index in [9.17, 15) is 21.6 Å². The molecule has 1 fully saturated rings. The molecule has 0 bridgehead atoms. The van der Waals surface area contributed by atoms with Crippen LogP contribution in [0.2, 0.25) is 0 Å². The molecular formula is C13H16F3NO2S. The van der Waals surface area contributed by atoms with Crippen molar-refractivity contribution in [3.63, 3.8) is 0 Å². The van der Waals surface area contributed by atoms with Crippen LogP contribution in [0.1, 0.15) is 31.2 Å². The topological polar surface area (TPSA) is 60.2 Å². The number of rotatable bonds is 2. The van der Waals surface area contributed by atoms with Crippen molar-refractivity contribution in [2.24, 2.45) is 5.73 Å². The fourth-order valence-electron chi connectivity index (χ4n) is 2.52. The number of hydrogen-bond donors (Lipinski definition) is 1. The first-order chi connectivity index (χ1) is 9.23. The van der Waals surface area contributed by atoms with Crippen LogP contribution in [0.4, 0.5) is 13.2 Å². The molecule has 0 heterocycles. The molecule has 1 aromatic rings. The molecule has 1 aromatic carbocycles. The fraction of sp³-hybridized carbons (Fsp3) is 0.538. The third kappa shape index (κ3) is 2.98. The summed E-state index contributed by atoms with van der Waals surface area (Å²) in [7, 11) is -3.67. The van der Waals surface area contributed by atoms with E-state index in [1.807, 2.05) is 0 Å². The van der Waals surface area contributed by atoms with Crippen molar-refractivity contribution in [3.8, 4) is 0 Å². The lowest BCUT2D eigenvalue weighted by Gasteiger charge is -2.28. The first-order valence-electron chi connectivity index (χ1n) is 6.39. The predicted molar refractivity (Wildman–Crippen MR) is 68.9 cm³/mol. The zero-order valence-corrected chi connectivity index (χ0v) is 11.5. The maximum absolute atomic E-state index is 12.5. The van der Waals surface area contributed by atoms with Crippen molar-refractivity contribution < 1.29 is 21.6 Å². The molecule has 0 spiro atoms. The lowest BCUT2D eigenvalue weighted by Crippen LogP contribution is -2.42. The standard InChI is InChI=1S/C13H16F3NO2S/c14-13(15,16)9-5-7-10(8-6-9)20(18,19)12-4-2-1-3-11(12)17/h5-8,11-12H,1-4,17H2. The van der Waals surface area contributed by atoms with E-state index in [2.05, 4.69) is 0 Å². The van der Waals surface area contributed by atoms with Gasteiger partial charge in [-0.15, -0.1) is 0 Å². The van der Waals surface area contributed by atoms with Gasteiger partial charge in [0.2, 0.25) is 0 Å². The number of hydrogen-bond acceptors (Lipinski definition) is 3. The molecule has 2 unspecified atom stereocenters. The average molecular weight is 307 g/mol. The summed E-state index contributed by atoms with van der Waals surface area (Å²) in [6.45, 7) is 0. The first kappa shape index (κ1) is 15.3. The second-order valence-corrected chi connectivity index (χ2v) is 7.22. The minimum atomic E-state index is -4.47. The fourth-order valence-corrected chi connectivity index (χ4v) is 4.46. The van der Waals surface area contributed by atoms with Gasteiger partial charge in [-0.3, -0.25) is 0 Å². The van der Waals surface area contributed by atoms with Gasteiger partial charge >= 0.3 is 6.18 Å². The monoisotopic (exact) mass is 307 g/mol. The second kappa shape index (κ2) is 5.37. The Bertz CT molecular complexity index is 566. The van der Waals surface area contributed by atoms with E-state index >= 15 is 0 Å². The predicted octanol–water partition coefficient (Wildman–Crippen LogP) is 2.75. The Labute approximate surface area is 115 Å². The van der Waals surface area contributed by atoms with Crippen LogP contribution in [0.15, 0.2) is 29.2 Å². The van der Waals surface area contributed by atoms with E-state index in [1.54, 1.807) is 0 Å². The van der Waals surface area contributed by atoms with Gasteiger partial charge in [0.1, 0.15) is 0 Å². The summed E-state index contributed by atoms with van der Waals surface area (Å²) in [4.78, 5) is -0.0900. The molecule has 3 nitrogen and oxygen atoms in total. The van der Waals surface area contributed by atoms with Crippen LogP contribution in [0, 0.1) is 0 Å². The maximum Gasteiger partial charge on any atom is 0.416 e. The Morgan fingerprint density at radius 1 is 1.05 bits per heavy atom. The lowest BCUT2D eigenvalue weighted by atomic mass is 9.96. The van der Waals surface area contributed by atoms with Crippen LogP contribution >= 0.6 is 0 Å². The molecule has 0 amide bonds. The molecule has 20 heavy (non-hydrogen) atoms. The highest BCUT2D eigenvalue weighted by Gasteiger charge is 2.35. The smallest absolute Gasteiger partial charge is 0.327 e. The van der Waals surface area contributed by atoms with Gasteiger partial charge in [-0.2, -0.15) is 13.2 Å². The van der Waals surface area contributed by atoms with Crippen LogP contribution in [0.25, 0.3) is 0 Å². The van der Waals surface area contributed by atoms with Gasteiger partial charge in [0.05, 0.1) is 15.7 Å². The van der Waals surface area contributed by atoms with Crippen LogP contribution in [-0.4, -0.2) is 19.7 Å². The van der Waals surface area contributed by atoms with Crippen LogP contribution in [0.3, 0.4) is 0 Å². The summed E-state index contributed by atoms with van der Waals surface area (Å²) in [5.74, 6) is 0. The van der Waals surface area contributed by atoms with E-state index in [0.717, 1.165) is 37.1 Å². The van der Waals surface area contributed by atoms with Crippen LogP contribution in [0.5, 0.6) is 0 Å². The summed E-state index contributed by atoms with van der Waals surface area (Å²) >= 11 is 0. The molecule has 2 atom stereocenters. The normalized spacial score (nSPS) is 24.6. The van der Waals surface area contributed by atoms with Gasteiger partial charge in [0, 0.05) is 6.04 Å². The SMILES string of the molecule is NC1CCCCC1S(=O)(=O)c1ccc(C(F)(F)F)cc1. The molecule has 2 N–H and O–H groups in total. The highest BCUT2D eigenvalue weighted by atomic mass is 32.2. The summed E-state index contributed by atoms with van der Waals surface area (Å²) < 4.78 is 62.2. The number of sulfone groups is 1. The van der Waals surface area contributed by atoms with Gasteiger partial charge in [-0.25, -0.2) is 8.42 Å². The van der Waals surface area contributed by atoms with E-state index in [4.69, 9.17) is 5.73 Å². The van der Waals surface area contributed by atoms with E-state index in [1.165, 1.54) is 0 Å². The Morgan fingerprint density at radius 2 is 1.60 bits per heavy atom. The third-order valence-corrected chi connectivity index (χ3v) is 5.97. The van der Waals surface area contributed by atoms with Gasteiger partial charge in [0.15, 0.2) is 9.84 Å². The van der Waals surface area contributed by atoms with E-state index in [0.29, 0.717) is 12.8 Å². The van der Waals surface area contributed by atoms with Crippen molar-refractivity contribution in [1.29, 1.82) is 0 Å². The van der Waals surface area contributed by atoms with Gasteiger partial charge in [0.25, 0.3) is 0 Å². The molecule has 0 radical (unpaired) electrons. The highest BCUT2D eigenvalue weighted by molar-refractivity contribution is 7.92. The van der Waals surface area contributed by atoms with Crippen LogP contribution < -0.4 is 5.73 Å². The number of halogens is 3.